The van der Waals surface area contributed by atoms with Crippen LogP contribution in [0, 0.1) is 11.8 Å². The Hall–Kier alpha value is -1.35. The highest BCUT2D eigenvalue weighted by atomic mass is 16.2. The van der Waals surface area contributed by atoms with Crippen molar-refractivity contribution in [3.8, 4) is 0 Å². The van der Waals surface area contributed by atoms with Crippen molar-refractivity contribution in [1.29, 1.82) is 0 Å². The average Bonchev–Trinajstić information content (AvgIpc) is 3.21. The first-order chi connectivity index (χ1) is 9.75. The molecule has 1 amide bonds. The summed E-state index contributed by atoms with van der Waals surface area (Å²) in [6, 6.07) is 9.14. The van der Waals surface area contributed by atoms with Gasteiger partial charge in [-0.15, -0.1) is 0 Å². The zero-order valence-corrected chi connectivity index (χ0v) is 12.0. The van der Waals surface area contributed by atoms with Crippen LogP contribution >= 0.6 is 0 Å². The van der Waals surface area contributed by atoms with Crippen LogP contribution in [0.3, 0.4) is 0 Å². The maximum atomic E-state index is 12.8. The van der Waals surface area contributed by atoms with Gasteiger partial charge in [0.05, 0.1) is 0 Å². The van der Waals surface area contributed by atoms with Gasteiger partial charge in [0.1, 0.15) is 0 Å². The molecule has 1 saturated heterocycles. The second-order valence-corrected chi connectivity index (χ2v) is 6.59. The topological polar surface area (TPSA) is 32.3 Å². The highest BCUT2D eigenvalue weighted by Crippen LogP contribution is 2.60. The minimum atomic E-state index is 0.268. The molecule has 0 radical (unpaired) electrons. The van der Waals surface area contributed by atoms with E-state index >= 15 is 0 Å². The molecule has 4 rings (SSSR count). The maximum Gasteiger partial charge on any atom is 0.226 e. The van der Waals surface area contributed by atoms with E-state index in [-0.39, 0.29) is 5.92 Å². The lowest BCUT2D eigenvalue weighted by Gasteiger charge is -2.32. The molecule has 1 aromatic carbocycles. The molecule has 3 aliphatic rings. The number of hydrogen-bond donors (Lipinski definition) is 1. The van der Waals surface area contributed by atoms with Crippen LogP contribution in [0.15, 0.2) is 24.3 Å². The summed E-state index contributed by atoms with van der Waals surface area (Å²) in [4.78, 5) is 14.9. The molecule has 3 nitrogen and oxygen atoms in total. The van der Waals surface area contributed by atoms with Crippen molar-refractivity contribution in [3.63, 3.8) is 0 Å². The molecule has 1 saturated carbocycles. The zero-order chi connectivity index (χ0) is 13.7. The Balaban J connectivity index is 1.53. The van der Waals surface area contributed by atoms with E-state index in [1.165, 1.54) is 17.5 Å². The molecular weight excluding hydrogens is 248 g/mol. The Kier molecular flexibility index (Phi) is 2.84. The Morgan fingerprint density at radius 2 is 2.20 bits per heavy atom. The first-order valence-corrected chi connectivity index (χ1v) is 7.85. The zero-order valence-electron chi connectivity index (χ0n) is 12.0. The van der Waals surface area contributed by atoms with E-state index in [1.54, 1.807) is 0 Å². The average molecular weight is 270 g/mol. The SMILES string of the molecule is CC1CN(C(=O)C2C3CCc4ccccc4C32)CCN1. The molecule has 2 aliphatic carbocycles. The fraction of sp³-hybridized carbons (Fsp3) is 0.588. The maximum absolute atomic E-state index is 12.8. The Bertz CT molecular complexity index is 542. The highest BCUT2D eigenvalue weighted by molar-refractivity contribution is 5.84. The Labute approximate surface area is 120 Å². The van der Waals surface area contributed by atoms with Crippen LogP contribution in [0.5, 0.6) is 0 Å². The number of fused-ring (bicyclic) bond motifs is 3. The molecule has 1 aliphatic heterocycles. The summed E-state index contributed by atoms with van der Waals surface area (Å²) < 4.78 is 0. The van der Waals surface area contributed by atoms with Crippen molar-refractivity contribution in [2.45, 2.75) is 31.7 Å². The van der Waals surface area contributed by atoms with Gasteiger partial charge in [0.15, 0.2) is 0 Å². The predicted octanol–water partition coefficient (Wildman–Crippen LogP) is 1.78. The highest BCUT2D eigenvalue weighted by Gasteiger charge is 2.57. The van der Waals surface area contributed by atoms with Crippen LogP contribution in [0.1, 0.15) is 30.4 Å². The fourth-order valence-corrected chi connectivity index (χ4v) is 4.25. The van der Waals surface area contributed by atoms with E-state index < -0.39 is 0 Å². The van der Waals surface area contributed by atoms with Crippen LogP contribution in [0.25, 0.3) is 0 Å². The lowest BCUT2D eigenvalue weighted by Crippen LogP contribution is -2.51. The summed E-state index contributed by atoms with van der Waals surface area (Å²) in [5.74, 6) is 1.80. The molecule has 0 bridgehead atoms. The second kappa shape index (κ2) is 4.59. The van der Waals surface area contributed by atoms with Crippen molar-refractivity contribution in [2.75, 3.05) is 19.6 Å². The monoisotopic (exact) mass is 270 g/mol. The van der Waals surface area contributed by atoms with E-state index in [0.717, 1.165) is 26.1 Å². The van der Waals surface area contributed by atoms with Gasteiger partial charge in [-0.2, -0.15) is 0 Å². The number of hydrogen-bond acceptors (Lipinski definition) is 2. The van der Waals surface area contributed by atoms with Gasteiger partial charge in [0, 0.05) is 31.6 Å². The molecule has 0 spiro atoms. The number of carbonyl (C=O) groups is 1. The van der Waals surface area contributed by atoms with E-state index in [1.807, 2.05) is 0 Å². The summed E-state index contributed by atoms with van der Waals surface area (Å²) in [5, 5.41) is 3.41. The van der Waals surface area contributed by atoms with Gasteiger partial charge < -0.3 is 10.2 Å². The minimum absolute atomic E-state index is 0.268. The third kappa shape index (κ3) is 1.87. The van der Waals surface area contributed by atoms with Gasteiger partial charge in [-0.1, -0.05) is 24.3 Å². The molecule has 1 heterocycles. The van der Waals surface area contributed by atoms with Gasteiger partial charge in [-0.3, -0.25) is 4.79 Å². The smallest absolute Gasteiger partial charge is 0.226 e. The number of amides is 1. The van der Waals surface area contributed by atoms with Gasteiger partial charge >= 0.3 is 0 Å². The van der Waals surface area contributed by atoms with Crippen molar-refractivity contribution < 1.29 is 4.79 Å². The normalized spacial score (nSPS) is 35.1. The Morgan fingerprint density at radius 3 is 3.05 bits per heavy atom. The quantitative estimate of drug-likeness (QED) is 0.843. The molecule has 3 heteroatoms. The van der Waals surface area contributed by atoms with Crippen LogP contribution in [0.4, 0.5) is 0 Å². The first kappa shape index (κ1) is 12.4. The van der Waals surface area contributed by atoms with E-state index in [9.17, 15) is 4.79 Å². The van der Waals surface area contributed by atoms with Crippen LogP contribution < -0.4 is 5.32 Å². The van der Waals surface area contributed by atoms with Gasteiger partial charge in [-0.25, -0.2) is 0 Å². The Morgan fingerprint density at radius 1 is 1.35 bits per heavy atom. The molecule has 0 aromatic heterocycles. The number of aryl methyl sites for hydroxylation is 1. The van der Waals surface area contributed by atoms with E-state index in [0.29, 0.717) is 23.8 Å². The number of nitrogens with one attached hydrogen (secondary N) is 1. The van der Waals surface area contributed by atoms with Crippen LogP contribution in [-0.2, 0) is 11.2 Å². The third-order valence-corrected chi connectivity index (χ3v) is 5.30. The van der Waals surface area contributed by atoms with Crippen molar-refractivity contribution in [1.82, 2.24) is 10.2 Å². The molecule has 1 aromatic rings. The standard InChI is InChI=1S/C17H22N2O/c1-11-10-19(9-8-18-11)17(20)16-14-7-6-12-4-2-3-5-13(12)15(14)16/h2-5,11,14-16,18H,6-10H2,1H3. The van der Waals surface area contributed by atoms with Crippen molar-refractivity contribution >= 4 is 5.91 Å². The lowest BCUT2D eigenvalue weighted by molar-refractivity contribution is -0.134. The summed E-state index contributed by atoms with van der Waals surface area (Å²) >= 11 is 0. The summed E-state index contributed by atoms with van der Waals surface area (Å²) in [6.07, 6.45) is 2.35. The molecule has 4 unspecified atom stereocenters. The van der Waals surface area contributed by atoms with Crippen LogP contribution in [0.2, 0.25) is 0 Å². The van der Waals surface area contributed by atoms with Crippen molar-refractivity contribution in [2.24, 2.45) is 11.8 Å². The molecular formula is C17H22N2O. The van der Waals surface area contributed by atoms with E-state index in [4.69, 9.17) is 0 Å². The summed E-state index contributed by atoms with van der Waals surface area (Å²) in [6.45, 7) is 4.84. The second-order valence-electron chi connectivity index (χ2n) is 6.59. The number of benzene rings is 1. The van der Waals surface area contributed by atoms with Crippen molar-refractivity contribution in [3.05, 3.63) is 35.4 Å². The lowest BCUT2D eigenvalue weighted by atomic mass is 9.92. The van der Waals surface area contributed by atoms with E-state index in [2.05, 4.69) is 41.4 Å². The van der Waals surface area contributed by atoms with Gasteiger partial charge in [0.2, 0.25) is 5.91 Å². The number of carbonyl (C=O) groups excluding carboxylic acids is 1. The molecule has 106 valence electrons. The predicted molar refractivity (Wildman–Crippen MR) is 78.5 cm³/mol. The van der Waals surface area contributed by atoms with Crippen LogP contribution in [-0.4, -0.2) is 36.5 Å². The number of piperazine rings is 1. The largest absolute Gasteiger partial charge is 0.340 e. The summed E-state index contributed by atoms with van der Waals surface area (Å²) in [7, 11) is 0. The molecule has 20 heavy (non-hydrogen) atoms. The minimum Gasteiger partial charge on any atom is -0.340 e. The first-order valence-electron chi connectivity index (χ1n) is 7.85. The molecule has 1 N–H and O–H groups in total. The summed E-state index contributed by atoms with van der Waals surface area (Å²) in [5.41, 5.74) is 2.92. The number of rotatable bonds is 1. The fourth-order valence-electron chi connectivity index (χ4n) is 4.25. The molecule has 4 atom stereocenters. The number of nitrogens with zero attached hydrogens (tertiary/aromatic N) is 1. The van der Waals surface area contributed by atoms with Gasteiger partial charge in [-0.05, 0) is 42.7 Å². The van der Waals surface area contributed by atoms with Gasteiger partial charge in [0.25, 0.3) is 0 Å². The molecule has 2 fully saturated rings. The third-order valence-electron chi connectivity index (χ3n) is 5.30.